The third-order valence-electron chi connectivity index (χ3n) is 6.45. The Morgan fingerprint density at radius 2 is 1.50 bits per heavy atom. The Bertz CT molecular complexity index is 1340. The first-order valence-corrected chi connectivity index (χ1v) is 12.4. The number of carbonyl (C=O) groups excluding carboxylic acids is 3. The number of fused-ring (bicyclic) bond motifs is 2. The van der Waals surface area contributed by atoms with E-state index in [0.29, 0.717) is 22.6 Å². The first-order valence-electron chi connectivity index (χ1n) is 12.4. The van der Waals surface area contributed by atoms with Crippen LogP contribution in [0.3, 0.4) is 0 Å². The van der Waals surface area contributed by atoms with Crippen LogP contribution in [-0.4, -0.2) is 41.5 Å². The highest BCUT2D eigenvalue weighted by Crippen LogP contribution is 2.49. The van der Waals surface area contributed by atoms with Crippen molar-refractivity contribution in [2.24, 2.45) is 0 Å². The molecule has 2 aliphatic rings. The van der Waals surface area contributed by atoms with Crippen LogP contribution in [-0.2, 0) is 31.4 Å². The van der Waals surface area contributed by atoms with E-state index in [1.54, 1.807) is 32.9 Å². The molecule has 2 heterocycles. The molecule has 0 saturated heterocycles. The summed E-state index contributed by atoms with van der Waals surface area (Å²) in [4.78, 5) is 40.0. The summed E-state index contributed by atoms with van der Waals surface area (Å²) in [5, 5.41) is 0. The molecule has 0 aromatic heterocycles. The molecule has 8 heteroatoms. The first kappa shape index (κ1) is 25.3. The van der Waals surface area contributed by atoms with Crippen molar-refractivity contribution in [2.45, 2.75) is 51.2 Å². The molecule has 8 nitrogen and oxygen atoms in total. The molecular weight excluding hydrogens is 486 g/mol. The van der Waals surface area contributed by atoms with Gasteiger partial charge in [0.05, 0.1) is 13.5 Å². The zero-order chi connectivity index (χ0) is 27.1. The molecule has 0 unspecified atom stereocenters. The monoisotopic (exact) mass is 515 g/mol. The highest BCUT2D eigenvalue weighted by atomic mass is 16.7. The van der Waals surface area contributed by atoms with E-state index in [4.69, 9.17) is 18.9 Å². The summed E-state index contributed by atoms with van der Waals surface area (Å²) in [7, 11) is 1.22. The van der Waals surface area contributed by atoms with E-state index in [1.807, 2.05) is 60.7 Å². The molecule has 2 aliphatic heterocycles. The van der Waals surface area contributed by atoms with Crippen molar-refractivity contribution >= 4 is 17.8 Å². The SMILES string of the molecule is COC(=O)[C@H](CC(=O)OC(C)(C)C)N1Cc2cc3c(cc2C1=O)OC(c1ccccc1)(c1ccccc1)O3. The predicted octanol–water partition coefficient (Wildman–Crippen LogP) is 4.59. The normalized spacial score (nSPS) is 16.1. The fraction of sp³-hybridized carbons (Fsp3) is 0.300. The molecule has 0 N–H and O–H groups in total. The Balaban J connectivity index is 1.46. The van der Waals surface area contributed by atoms with Crippen LogP contribution >= 0.6 is 0 Å². The summed E-state index contributed by atoms with van der Waals surface area (Å²) in [6.45, 7) is 5.32. The van der Waals surface area contributed by atoms with Gasteiger partial charge in [-0.25, -0.2) is 4.79 Å². The molecule has 0 spiro atoms. The molecule has 0 radical (unpaired) electrons. The third-order valence-corrected chi connectivity index (χ3v) is 6.45. The molecule has 1 atom stereocenters. The quantitative estimate of drug-likeness (QED) is 0.444. The summed E-state index contributed by atoms with van der Waals surface area (Å²) in [6, 6.07) is 21.5. The van der Waals surface area contributed by atoms with Gasteiger partial charge < -0.3 is 23.8 Å². The standard InChI is InChI=1S/C30H29NO7/c1-29(2,3)38-26(32)17-23(28(34)35-4)31-18-19-15-24-25(16-22(19)27(31)33)37-30(36-24,20-11-7-5-8-12-20)21-13-9-6-10-14-21/h5-16,23H,17-18H2,1-4H3/t23-/m0/s1. The van der Waals surface area contributed by atoms with Gasteiger partial charge in [-0.3, -0.25) is 9.59 Å². The zero-order valence-corrected chi connectivity index (χ0v) is 21.7. The zero-order valence-electron chi connectivity index (χ0n) is 21.7. The van der Waals surface area contributed by atoms with E-state index < -0.39 is 35.3 Å². The van der Waals surface area contributed by atoms with Gasteiger partial charge in [0.1, 0.15) is 11.6 Å². The van der Waals surface area contributed by atoms with Crippen molar-refractivity contribution in [3.8, 4) is 11.5 Å². The number of hydrogen-bond donors (Lipinski definition) is 0. The second kappa shape index (κ2) is 9.52. The van der Waals surface area contributed by atoms with Gasteiger partial charge in [0.15, 0.2) is 11.5 Å². The summed E-state index contributed by atoms with van der Waals surface area (Å²) in [6.07, 6.45) is -0.318. The fourth-order valence-corrected chi connectivity index (χ4v) is 4.80. The maximum absolute atomic E-state index is 13.5. The van der Waals surface area contributed by atoms with Crippen LogP contribution in [0, 0.1) is 0 Å². The Hall–Kier alpha value is -4.33. The van der Waals surface area contributed by atoms with Gasteiger partial charge in [-0.2, -0.15) is 0 Å². The number of ether oxygens (including phenoxy) is 4. The van der Waals surface area contributed by atoms with Crippen molar-refractivity contribution in [3.05, 3.63) is 95.1 Å². The fourth-order valence-electron chi connectivity index (χ4n) is 4.80. The van der Waals surface area contributed by atoms with E-state index in [-0.39, 0.29) is 13.0 Å². The van der Waals surface area contributed by atoms with Gasteiger partial charge in [-0.15, -0.1) is 0 Å². The average Bonchev–Trinajstić information content (AvgIpc) is 3.43. The summed E-state index contributed by atoms with van der Waals surface area (Å²) in [5.74, 6) is -2.01. The number of hydrogen-bond acceptors (Lipinski definition) is 7. The second-order valence-corrected chi connectivity index (χ2v) is 10.3. The van der Waals surface area contributed by atoms with Crippen molar-refractivity contribution in [2.75, 3.05) is 7.11 Å². The minimum absolute atomic E-state index is 0.108. The maximum atomic E-state index is 13.5. The predicted molar refractivity (Wildman–Crippen MR) is 138 cm³/mol. The lowest BCUT2D eigenvalue weighted by molar-refractivity contribution is -0.161. The van der Waals surface area contributed by atoms with Gasteiger partial charge in [-0.05, 0) is 38.5 Å². The molecule has 0 bridgehead atoms. The van der Waals surface area contributed by atoms with Gasteiger partial charge in [0.2, 0.25) is 0 Å². The minimum atomic E-state index is -1.21. The van der Waals surface area contributed by atoms with Crippen LogP contribution in [0.5, 0.6) is 11.5 Å². The number of nitrogens with zero attached hydrogens (tertiary/aromatic N) is 1. The molecule has 0 saturated carbocycles. The number of rotatable bonds is 6. The van der Waals surface area contributed by atoms with Gasteiger partial charge in [0.25, 0.3) is 5.91 Å². The van der Waals surface area contributed by atoms with Crippen LogP contribution in [0.2, 0.25) is 0 Å². The van der Waals surface area contributed by atoms with Crippen LogP contribution in [0.4, 0.5) is 0 Å². The third kappa shape index (κ3) is 4.58. The highest BCUT2D eigenvalue weighted by molar-refractivity contribution is 6.02. The number of carbonyl (C=O) groups is 3. The van der Waals surface area contributed by atoms with Gasteiger partial charge in [-0.1, -0.05) is 60.7 Å². The van der Waals surface area contributed by atoms with Crippen LogP contribution in [0.25, 0.3) is 0 Å². The van der Waals surface area contributed by atoms with Crippen molar-refractivity contribution < 1.29 is 33.3 Å². The van der Waals surface area contributed by atoms with Crippen molar-refractivity contribution in [1.29, 1.82) is 0 Å². The maximum Gasteiger partial charge on any atom is 0.329 e. The van der Waals surface area contributed by atoms with Crippen LogP contribution < -0.4 is 9.47 Å². The summed E-state index contributed by atoms with van der Waals surface area (Å²) in [5.41, 5.74) is 1.92. The topological polar surface area (TPSA) is 91.4 Å². The minimum Gasteiger partial charge on any atom is -0.467 e. The molecule has 0 aliphatic carbocycles. The molecule has 0 fully saturated rings. The van der Waals surface area contributed by atoms with Crippen molar-refractivity contribution in [1.82, 2.24) is 4.90 Å². The molecule has 38 heavy (non-hydrogen) atoms. The smallest absolute Gasteiger partial charge is 0.329 e. The van der Waals surface area contributed by atoms with Crippen LogP contribution in [0.1, 0.15) is 54.2 Å². The van der Waals surface area contributed by atoms with Crippen molar-refractivity contribution in [3.63, 3.8) is 0 Å². The number of esters is 2. The number of methoxy groups -OCH3 is 1. The lowest BCUT2D eigenvalue weighted by Crippen LogP contribution is -2.44. The Morgan fingerprint density at radius 3 is 2.03 bits per heavy atom. The number of amides is 1. The molecule has 3 aromatic carbocycles. The lowest BCUT2D eigenvalue weighted by Gasteiger charge is -2.28. The summed E-state index contributed by atoms with van der Waals surface area (Å²) >= 11 is 0. The van der Waals surface area contributed by atoms with Gasteiger partial charge in [0, 0.05) is 23.2 Å². The summed E-state index contributed by atoms with van der Waals surface area (Å²) < 4.78 is 23.3. The molecular formula is C30H29NO7. The lowest BCUT2D eigenvalue weighted by atomic mass is 9.97. The van der Waals surface area contributed by atoms with E-state index >= 15 is 0 Å². The van der Waals surface area contributed by atoms with E-state index in [9.17, 15) is 14.4 Å². The van der Waals surface area contributed by atoms with Gasteiger partial charge >= 0.3 is 17.7 Å². The Kier molecular flexibility index (Phi) is 6.34. The van der Waals surface area contributed by atoms with E-state index in [1.165, 1.54) is 12.0 Å². The molecule has 5 rings (SSSR count). The Morgan fingerprint density at radius 1 is 0.947 bits per heavy atom. The second-order valence-electron chi connectivity index (χ2n) is 10.3. The largest absolute Gasteiger partial charge is 0.467 e. The van der Waals surface area contributed by atoms with Crippen LogP contribution in [0.15, 0.2) is 72.8 Å². The first-order chi connectivity index (χ1) is 18.1. The van der Waals surface area contributed by atoms with E-state index in [0.717, 1.165) is 11.1 Å². The molecule has 1 amide bonds. The molecule has 196 valence electrons. The Labute approximate surface area is 221 Å². The average molecular weight is 516 g/mol. The number of benzene rings is 3. The highest BCUT2D eigenvalue weighted by Gasteiger charge is 2.47. The molecule has 3 aromatic rings. The van der Waals surface area contributed by atoms with E-state index in [2.05, 4.69) is 0 Å².